The SMILES string of the molecule is CCc1ccccc1NC(=O)Cn1c(CCNC(C)=O)nc2ccccc21. The molecule has 0 aliphatic rings. The van der Waals surface area contributed by atoms with E-state index in [-0.39, 0.29) is 18.4 Å². The Balaban J connectivity index is 1.81. The summed E-state index contributed by atoms with van der Waals surface area (Å²) in [7, 11) is 0. The minimum atomic E-state index is -0.0974. The largest absolute Gasteiger partial charge is 0.356 e. The number of hydrogen-bond donors (Lipinski definition) is 2. The first-order valence-corrected chi connectivity index (χ1v) is 9.14. The Morgan fingerprint density at radius 1 is 1.07 bits per heavy atom. The van der Waals surface area contributed by atoms with Gasteiger partial charge in [-0.2, -0.15) is 0 Å². The zero-order valence-corrected chi connectivity index (χ0v) is 15.7. The van der Waals surface area contributed by atoms with Gasteiger partial charge in [0.15, 0.2) is 0 Å². The van der Waals surface area contributed by atoms with E-state index in [4.69, 9.17) is 0 Å². The molecule has 0 unspecified atom stereocenters. The van der Waals surface area contributed by atoms with E-state index in [1.807, 2.05) is 53.1 Å². The predicted octanol–water partition coefficient (Wildman–Crippen LogP) is 2.92. The monoisotopic (exact) mass is 364 g/mol. The Kier molecular flexibility index (Phi) is 5.86. The Hall–Kier alpha value is -3.15. The Morgan fingerprint density at radius 3 is 2.59 bits per heavy atom. The van der Waals surface area contributed by atoms with Crippen molar-refractivity contribution in [3.05, 3.63) is 59.9 Å². The van der Waals surface area contributed by atoms with Gasteiger partial charge in [-0.15, -0.1) is 0 Å². The molecule has 6 heteroatoms. The molecule has 0 spiro atoms. The lowest BCUT2D eigenvalue weighted by Gasteiger charge is -2.12. The number of anilines is 1. The van der Waals surface area contributed by atoms with E-state index in [0.717, 1.165) is 34.5 Å². The average molecular weight is 364 g/mol. The van der Waals surface area contributed by atoms with E-state index < -0.39 is 0 Å². The van der Waals surface area contributed by atoms with E-state index in [1.54, 1.807) is 0 Å². The standard InChI is InChI=1S/C21H24N4O2/c1-3-16-8-4-5-9-17(16)24-21(27)14-25-19-11-7-6-10-18(19)23-20(25)12-13-22-15(2)26/h4-11H,3,12-14H2,1-2H3,(H,22,26)(H,24,27). The Labute approximate surface area is 158 Å². The number of benzene rings is 2. The summed E-state index contributed by atoms with van der Waals surface area (Å²) < 4.78 is 1.92. The summed E-state index contributed by atoms with van der Waals surface area (Å²) in [6.07, 6.45) is 1.42. The third kappa shape index (κ3) is 4.53. The molecule has 1 aromatic heterocycles. The highest BCUT2D eigenvalue weighted by Crippen LogP contribution is 2.18. The van der Waals surface area contributed by atoms with Crippen molar-refractivity contribution in [2.45, 2.75) is 33.2 Å². The third-order valence-electron chi connectivity index (χ3n) is 4.43. The van der Waals surface area contributed by atoms with E-state index in [1.165, 1.54) is 6.92 Å². The summed E-state index contributed by atoms with van der Waals surface area (Å²) in [6, 6.07) is 15.6. The molecule has 27 heavy (non-hydrogen) atoms. The van der Waals surface area contributed by atoms with Crippen LogP contribution in [0.4, 0.5) is 5.69 Å². The topological polar surface area (TPSA) is 76.0 Å². The second kappa shape index (κ2) is 8.49. The molecule has 2 amide bonds. The lowest BCUT2D eigenvalue weighted by atomic mass is 10.1. The molecular formula is C21H24N4O2. The molecule has 0 atom stereocenters. The third-order valence-corrected chi connectivity index (χ3v) is 4.43. The lowest BCUT2D eigenvalue weighted by molar-refractivity contribution is -0.119. The molecular weight excluding hydrogens is 340 g/mol. The summed E-state index contributed by atoms with van der Waals surface area (Å²) >= 11 is 0. The van der Waals surface area contributed by atoms with Crippen LogP contribution in [0.5, 0.6) is 0 Å². The van der Waals surface area contributed by atoms with Crippen LogP contribution >= 0.6 is 0 Å². The molecule has 6 nitrogen and oxygen atoms in total. The van der Waals surface area contributed by atoms with Gasteiger partial charge in [0, 0.05) is 25.6 Å². The molecule has 0 fully saturated rings. The van der Waals surface area contributed by atoms with Crippen molar-refractivity contribution in [2.24, 2.45) is 0 Å². The first kappa shape index (κ1) is 18.6. The van der Waals surface area contributed by atoms with Crippen LogP contribution in [-0.2, 0) is 29.0 Å². The quantitative estimate of drug-likeness (QED) is 0.677. The number of carbonyl (C=O) groups is 2. The van der Waals surface area contributed by atoms with Gasteiger partial charge in [0.1, 0.15) is 12.4 Å². The first-order valence-electron chi connectivity index (χ1n) is 9.14. The Bertz CT molecular complexity index is 962. The summed E-state index contributed by atoms with van der Waals surface area (Å²) in [5.41, 5.74) is 3.70. The lowest BCUT2D eigenvalue weighted by Crippen LogP contribution is -2.25. The number of fused-ring (bicyclic) bond motifs is 1. The molecule has 0 bridgehead atoms. The Morgan fingerprint density at radius 2 is 1.81 bits per heavy atom. The number of rotatable bonds is 7. The number of nitrogens with zero attached hydrogens (tertiary/aromatic N) is 2. The van der Waals surface area contributed by atoms with Crippen LogP contribution in [0.1, 0.15) is 25.2 Å². The predicted molar refractivity (Wildman–Crippen MR) is 107 cm³/mol. The first-order chi connectivity index (χ1) is 13.1. The van der Waals surface area contributed by atoms with Gasteiger partial charge in [-0.05, 0) is 30.2 Å². The summed E-state index contributed by atoms with van der Waals surface area (Å²) in [5.74, 6) is 0.607. The molecule has 0 saturated carbocycles. The van der Waals surface area contributed by atoms with Gasteiger partial charge in [-0.1, -0.05) is 37.3 Å². The number of hydrogen-bond acceptors (Lipinski definition) is 3. The minimum Gasteiger partial charge on any atom is -0.356 e. The van der Waals surface area contributed by atoms with Gasteiger partial charge < -0.3 is 15.2 Å². The number of para-hydroxylation sites is 3. The maximum Gasteiger partial charge on any atom is 0.244 e. The van der Waals surface area contributed by atoms with Crippen molar-refractivity contribution in [3.8, 4) is 0 Å². The fourth-order valence-electron chi connectivity index (χ4n) is 3.13. The molecule has 140 valence electrons. The van der Waals surface area contributed by atoms with Crippen LogP contribution in [0.2, 0.25) is 0 Å². The molecule has 3 aromatic rings. The molecule has 3 rings (SSSR count). The fourth-order valence-corrected chi connectivity index (χ4v) is 3.13. The van der Waals surface area contributed by atoms with Crippen molar-refractivity contribution >= 4 is 28.5 Å². The molecule has 1 heterocycles. The fraction of sp³-hybridized carbons (Fsp3) is 0.286. The summed E-state index contributed by atoms with van der Waals surface area (Å²) in [4.78, 5) is 28.5. The maximum absolute atomic E-state index is 12.7. The number of aromatic nitrogens is 2. The molecule has 0 radical (unpaired) electrons. The molecule has 2 N–H and O–H groups in total. The van der Waals surface area contributed by atoms with Crippen LogP contribution in [0.3, 0.4) is 0 Å². The highest BCUT2D eigenvalue weighted by atomic mass is 16.2. The van der Waals surface area contributed by atoms with E-state index in [9.17, 15) is 9.59 Å². The summed E-state index contributed by atoms with van der Waals surface area (Å²) in [5, 5.41) is 5.79. The van der Waals surface area contributed by atoms with Crippen LogP contribution in [0.15, 0.2) is 48.5 Å². The van der Waals surface area contributed by atoms with Crippen molar-refractivity contribution < 1.29 is 9.59 Å². The van der Waals surface area contributed by atoms with Crippen LogP contribution < -0.4 is 10.6 Å². The van der Waals surface area contributed by atoms with E-state index in [0.29, 0.717) is 13.0 Å². The van der Waals surface area contributed by atoms with Gasteiger partial charge >= 0.3 is 0 Å². The van der Waals surface area contributed by atoms with E-state index >= 15 is 0 Å². The number of carbonyl (C=O) groups excluding carboxylic acids is 2. The number of amides is 2. The van der Waals surface area contributed by atoms with Crippen LogP contribution in [0.25, 0.3) is 11.0 Å². The number of aryl methyl sites for hydroxylation is 1. The molecule has 0 aliphatic carbocycles. The maximum atomic E-state index is 12.7. The zero-order chi connectivity index (χ0) is 19.2. The van der Waals surface area contributed by atoms with Gasteiger partial charge in [0.25, 0.3) is 0 Å². The smallest absolute Gasteiger partial charge is 0.244 e. The van der Waals surface area contributed by atoms with Crippen LogP contribution in [0, 0.1) is 0 Å². The van der Waals surface area contributed by atoms with Crippen molar-refractivity contribution in [1.29, 1.82) is 0 Å². The van der Waals surface area contributed by atoms with Crippen molar-refractivity contribution in [2.75, 3.05) is 11.9 Å². The van der Waals surface area contributed by atoms with Crippen LogP contribution in [-0.4, -0.2) is 27.9 Å². The molecule has 0 aliphatic heterocycles. The van der Waals surface area contributed by atoms with Gasteiger partial charge in [-0.3, -0.25) is 9.59 Å². The second-order valence-electron chi connectivity index (χ2n) is 6.39. The highest BCUT2D eigenvalue weighted by Gasteiger charge is 2.14. The van der Waals surface area contributed by atoms with Crippen molar-refractivity contribution in [1.82, 2.24) is 14.9 Å². The summed E-state index contributed by atoms with van der Waals surface area (Å²) in [6.45, 7) is 4.21. The minimum absolute atomic E-state index is 0.0772. The number of nitrogens with one attached hydrogen (secondary N) is 2. The highest BCUT2D eigenvalue weighted by molar-refractivity contribution is 5.92. The second-order valence-corrected chi connectivity index (χ2v) is 6.39. The molecule has 2 aromatic carbocycles. The van der Waals surface area contributed by atoms with Gasteiger partial charge in [0.2, 0.25) is 11.8 Å². The average Bonchev–Trinajstić information content (AvgIpc) is 2.99. The number of imidazole rings is 1. The van der Waals surface area contributed by atoms with Gasteiger partial charge in [0.05, 0.1) is 11.0 Å². The normalized spacial score (nSPS) is 10.7. The molecule has 0 saturated heterocycles. The van der Waals surface area contributed by atoms with Crippen molar-refractivity contribution in [3.63, 3.8) is 0 Å². The van der Waals surface area contributed by atoms with Gasteiger partial charge in [-0.25, -0.2) is 4.98 Å². The van der Waals surface area contributed by atoms with E-state index in [2.05, 4.69) is 22.5 Å². The zero-order valence-electron chi connectivity index (χ0n) is 15.7.